The topological polar surface area (TPSA) is 35.2 Å². The van der Waals surface area contributed by atoms with Crippen molar-refractivity contribution in [2.75, 3.05) is 24.7 Å². The molecule has 3 heteroatoms. The summed E-state index contributed by atoms with van der Waals surface area (Å²) < 4.78 is 5.51. The maximum Gasteiger partial charge on any atom is 0.0560 e. The van der Waals surface area contributed by atoms with Gasteiger partial charge < -0.3 is 10.5 Å². The van der Waals surface area contributed by atoms with Crippen molar-refractivity contribution in [2.45, 2.75) is 31.6 Å². The Kier molecular flexibility index (Phi) is 6.34. The Hall–Kier alpha value is -0.670. The number of rotatable bonds is 7. The largest absolute Gasteiger partial charge is 0.399 e. The summed E-state index contributed by atoms with van der Waals surface area (Å²) in [6.07, 6.45) is 2.35. The van der Waals surface area contributed by atoms with Crippen LogP contribution in [0.5, 0.6) is 0 Å². The van der Waals surface area contributed by atoms with Crippen LogP contribution in [0.15, 0.2) is 23.1 Å². The van der Waals surface area contributed by atoms with Gasteiger partial charge in [-0.2, -0.15) is 0 Å². The zero-order valence-electron chi connectivity index (χ0n) is 10.2. The zero-order valence-corrected chi connectivity index (χ0v) is 11.0. The van der Waals surface area contributed by atoms with Crippen LogP contribution in [0.4, 0.5) is 5.69 Å². The van der Waals surface area contributed by atoms with E-state index < -0.39 is 0 Å². The molecule has 0 atom stereocenters. The fourth-order valence-corrected chi connectivity index (χ4v) is 2.27. The molecule has 0 spiro atoms. The lowest BCUT2D eigenvalue weighted by Crippen LogP contribution is -1.99. The molecule has 0 saturated heterocycles. The molecule has 0 saturated carbocycles. The number of ether oxygens (including phenoxy) is 1. The fraction of sp³-hybridized carbons (Fsp3) is 0.538. The lowest BCUT2D eigenvalue weighted by atomic mass is 10.2. The molecule has 0 radical (unpaired) electrons. The summed E-state index contributed by atoms with van der Waals surface area (Å²) in [7, 11) is 0. The third-order valence-corrected chi connectivity index (χ3v) is 3.46. The molecule has 2 nitrogen and oxygen atoms in total. The van der Waals surface area contributed by atoms with E-state index in [4.69, 9.17) is 10.5 Å². The molecule has 16 heavy (non-hydrogen) atoms. The van der Waals surface area contributed by atoms with Crippen molar-refractivity contribution < 1.29 is 4.74 Å². The van der Waals surface area contributed by atoms with Crippen LogP contribution in [0.3, 0.4) is 0 Å². The summed E-state index contributed by atoms with van der Waals surface area (Å²) in [6.45, 7) is 5.99. The fourth-order valence-electron chi connectivity index (χ4n) is 1.33. The van der Waals surface area contributed by atoms with Crippen LogP contribution >= 0.6 is 11.8 Å². The van der Waals surface area contributed by atoms with Crippen molar-refractivity contribution in [1.29, 1.82) is 0 Å². The first-order valence-electron chi connectivity index (χ1n) is 5.80. The molecular formula is C13H21NOS. The first-order valence-corrected chi connectivity index (χ1v) is 6.79. The maximum atomic E-state index is 5.75. The van der Waals surface area contributed by atoms with Crippen molar-refractivity contribution in [3.63, 3.8) is 0 Å². The van der Waals surface area contributed by atoms with Gasteiger partial charge in [0.1, 0.15) is 0 Å². The van der Waals surface area contributed by atoms with Gasteiger partial charge in [-0.15, -0.1) is 11.8 Å². The number of hydrogen-bond donors (Lipinski definition) is 1. The maximum absolute atomic E-state index is 5.75. The summed E-state index contributed by atoms with van der Waals surface area (Å²) in [5.74, 6) is 0.994. The van der Waals surface area contributed by atoms with Crippen LogP contribution < -0.4 is 5.73 Å². The van der Waals surface area contributed by atoms with Gasteiger partial charge in [0.15, 0.2) is 0 Å². The lowest BCUT2D eigenvalue weighted by Gasteiger charge is -2.07. The van der Waals surface area contributed by atoms with Crippen molar-refractivity contribution in [3.05, 3.63) is 23.8 Å². The molecule has 90 valence electrons. The van der Waals surface area contributed by atoms with Crippen molar-refractivity contribution in [2.24, 2.45) is 0 Å². The Morgan fingerprint density at radius 2 is 2.12 bits per heavy atom. The molecular weight excluding hydrogens is 218 g/mol. The van der Waals surface area contributed by atoms with Gasteiger partial charge in [0.2, 0.25) is 0 Å². The third kappa shape index (κ3) is 4.90. The highest BCUT2D eigenvalue weighted by atomic mass is 32.2. The normalized spacial score (nSPS) is 10.6. The van der Waals surface area contributed by atoms with E-state index in [1.54, 1.807) is 0 Å². The highest BCUT2D eigenvalue weighted by Crippen LogP contribution is 2.24. The van der Waals surface area contributed by atoms with Gasteiger partial charge in [0.05, 0.1) is 6.61 Å². The second-order valence-corrected chi connectivity index (χ2v) is 4.98. The SMILES string of the molecule is CCCCOCCSc1cc(N)ccc1C. The third-order valence-electron chi connectivity index (χ3n) is 2.34. The highest BCUT2D eigenvalue weighted by Gasteiger charge is 1.99. The average molecular weight is 239 g/mol. The van der Waals surface area contributed by atoms with Crippen LogP contribution in [0.1, 0.15) is 25.3 Å². The Bertz CT molecular complexity index is 315. The average Bonchev–Trinajstić information content (AvgIpc) is 2.28. The van der Waals surface area contributed by atoms with Crippen molar-refractivity contribution in [3.8, 4) is 0 Å². The minimum absolute atomic E-state index is 0.818. The molecule has 1 aromatic carbocycles. The molecule has 0 amide bonds. The molecule has 0 fully saturated rings. The van der Waals surface area contributed by atoms with Gasteiger partial charge >= 0.3 is 0 Å². The van der Waals surface area contributed by atoms with Gasteiger partial charge in [-0.3, -0.25) is 0 Å². The van der Waals surface area contributed by atoms with E-state index in [0.717, 1.165) is 31.1 Å². The zero-order chi connectivity index (χ0) is 11.8. The van der Waals surface area contributed by atoms with E-state index in [0.29, 0.717) is 0 Å². The van der Waals surface area contributed by atoms with Crippen LogP contribution in [-0.2, 0) is 4.74 Å². The molecule has 0 bridgehead atoms. The molecule has 0 heterocycles. The summed E-state index contributed by atoms with van der Waals surface area (Å²) in [6, 6.07) is 6.04. The second-order valence-electron chi connectivity index (χ2n) is 3.84. The predicted molar refractivity (Wildman–Crippen MR) is 72.0 cm³/mol. The molecule has 2 N–H and O–H groups in total. The number of anilines is 1. The molecule has 0 unspecified atom stereocenters. The minimum Gasteiger partial charge on any atom is -0.399 e. The molecule has 0 aliphatic carbocycles. The van der Waals surface area contributed by atoms with Crippen molar-refractivity contribution in [1.82, 2.24) is 0 Å². The van der Waals surface area contributed by atoms with E-state index in [1.165, 1.54) is 16.9 Å². The van der Waals surface area contributed by atoms with Gasteiger partial charge in [0, 0.05) is 22.9 Å². The van der Waals surface area contributed by atoms with E-state index in [2.05, 4.69) is 19.9 Å². The Balaban J connectivity index is 2.23. The summed E-state index contributed by atoms with van der Waals surface area (Å²) in [4.78, 5) is 1.26. The molecule has 1 aromatic rings. The first kappa shape index (κ1) is 13.4. The quantitative estimate of drug-likeness (QED) is 0.449. The van der Waals surface area contributed by atoms with E-state index in [1.807, 2.05) is 23.9 Å². The number of benzene rings is 1. The van der Waals surface area contributed by atoms with Crippen LogP contribution in [-0.4, -0.2) is 19.0 Å². The van der Waals surface area contributed by atoms with Crippen LogP contribution in [0, 0.1) is 6.92 Å². The second kappa shape index (κ2) is 7.58. The number of nitrogen functional groups attached to an aromatic ring is 1. The van der Waals surface area contributed by atoms with Gasteiger partial charge in [-0.1, -0.05) is 19.4 Å². The Morgan fingerprint density at radius 1 is 1.31 bits per heavy atom. The summed E-state index contributed by atoms with van der Waals surface area (Å²) in [5, 5.41) is 0. The Morgan fingerprint density at radius 3 is 2.88 bits per heavy atom. The highest BCUT2D eigenvalue weighted by molar-refractivity contribution is 7.99. The number of hydrogen-bond acceptors (Lipinski definition) is 3. The number of nitrogens with two attached hydrogens (primary N) is 1. The van der Waals surface area contributed by atoms with E-state index >= 15 is 0 Å². The number of unbranched alkanes of at least 4 members (excludes halogenated alkanes) is 1. The van der Waals surface area contributed by atoms with Crippen LogP contribution in [0.2, 0.25) is 0 Å². The standard InChI is InChI=1S/C13H21NOS/c1-3-4-7-15-8-9-16-13-10-12(14)6-5-11(13)2/h5-6,10H,3-4,7-9,14H2,1-2H3. The van der Waals surface area contributed by atoms with Gasteiger partial charge in [-0.05, 0) is 31.0 Å². The summed E-state index contributed by atoms with van der Waals surface area (Å²) >= 11 is 1.81. The minimum atomic E-state index is 0.818. The van der Waals surface area contributed by atoms with E-state index in [-0.39, 0.29) is 0 Å². The van der Waals surface area contributed by atoms with E-state index in [9.17, 15) is 0 Å². The van der Waals surface area contributed by atoms with Crippen LogP contribution in [0.25, 0.3) is 0 Å². The smallest absolute Gasteiger partial charge is 0.0560 e. The summed E-state index contributed by atoms with van der Waals surface area (Å²) in [5.41, 5.74) is 7.87. The molecule has 0 aromatic heterocycles. The predicted octanol–water partition coefficient (Wildman–Crippen LogP) is 3.49. The number of thioether (sulfide) groups is 1. The molecule has 0 aliphatic heterocycles. The molecule has 0 aliphatic rings. The molecule has 1 rings (SSSR count). The first-order chi connectivity index (χ1) is 7.74. The van der Waals surface area contributed by atoms with Crippen molar-refractivity contribution >= 4 is 17.4 Å². The Labute approximate surface area is 103 Å². The lowest BCUT2D eigenvalue weighted by molar-refractivity contribution is 0.147. The number of aryl methyl sites for hydroxylation is 1. The van der Waals surface area contributed by atoms with Gasteiger partial charge in [0.25, 0.3) is 0 Å². The monoisotopic (exact) mass is 239 g/mol. The van der Waals surface area contributed by atoms with Gasteiger partial charge in [-0.25, -0.2) is 0 Å².